The largest absolute Gasteiger partial charge is 0.321 e. The molecule has 0 spiro atoms. The lowest BCUT2D eigenvalue weighted by molar-refractivity contribution is -0.117. The quantitative estimate of drug-likeness (QED) is 0.416. The summed E-state index contributed by atoms with van der Waals surface area (Å²) in [7, 11) is 0. The predicted molar refractivity (Wildman–Crippen MR) is 133 cm³/mol. The van der Waals surface area contributed by atoms with Crippen molar-refractivity contribution in [1.82, 2.24) is 0 Å². The number of amides is 2. The van der Waals surface area contributed by atoms with E-state index in [1.54, 1.807) is 12.1 Å². The summed E-state index contributed by atoms with van der Waals surface area (Å²) in [6, 6.07) is 26.6. The number of benzene rings is 3. The number of anilines is 2. The van der Waals surface area contributed by atoms with Crippen LogP contribution in [0.5, 0.6) is 0 Å². The van der Waals surface area contributed by atoms with E-state index in [9.17, 15) is 14.9 Å². The van der Waals surface area contributed by atoms with Crippen LogP contribution in [0, 0.1) is 25.2 Å². The minimum atomic E-state index is -0.527. The first-order valence-electron chi connectivity index (χ1n) is 10.6. The van der Waals surface area contributed by atoms with Gasteiger partial charge >= 0.3 is 0 Å². The topological polar surface area (TPSA) is 73.2 Å². The van der Waals surface area contributed by atoms with Crippen LogP contribution < -0.4 is 10.2 Å². The monoisotopic (exact) mass is 453 g/mol. The van der Waals surface area contributed by atoms with Gasteiger partial charge in [-0.15, -0.1) is 0 Å². The molecule has 0 saturated carbocycles. The second-order valence-electron chi connectivity index (χ2n) is 7.87. The zero-order valence-electron chi connectivity index (χ0n) is 18.4. The van der Waals surface area contributed by atoms with Gasteiger partial charge in [-0.1, -0.05) is 78.0 Å². The molecular formula is C27H23N3O2S. The van der Waals surface area contributed by atoms with Gasteiger partial charge in [0.1, 0.15) is 16.7 Å². The molecule has 2 amide bonds. The van der Waals surface area contributed by atoms with Crippen LogP contribution in [-0.2, 0) is 16.0 Å². The van der Waals surface area contributed by atoms with Crippen molar-refractivity contribution in [3.63, 3.8) is 0 Å². The second kappa shape index (κ2) is 9.76. The summed E-state index contributed by atoms with van der Waals surface area (Å²) in [4.78, 5) is 28.1. The number of carbonyl (C=O) groups is 2. The first-order chi connectivity index (χ1) is 16.0. The van der Waals surface area contributed by atoms with Crippen molar-refractivity contribution in [1.29, 1.82) is 5.26 Å². The molecule has 1 atom stereocenters. The third-order valence-corrected chi connectivity index (χ3v) is 6.68. The molecule has 1 aliphatic rings. The molecule has 0 bridgehead atoms. The molecule has 0 aromatic heterocycles. The van der Waals surface area contributed by atoms with E-state index in [-0.39, 0.29) is 11.5 Å². The van der Waals surface area contributed by atoms with E-state index in [2.05, 4.69) is 11.4 Å². The molecule has 164 valence electrons. The van der Waals surface area contributed by atoms with Crippen molar-refractivity contribution in [3.8, 4) is 6.07 Å². The highest BCUT2D eigenvalue weighted by atomic mass is 32.2. The number of carbonyl (C=O) groups excluding carboxylic acids is 2. The Morgan fingerprint density at radius 2 is 1.70 bits per heavy atom. The van der Waals surface area contributed by atoms with Crippen LogP contribution in [0.1, 0.15) is 16.7 Å². The van der Waals surface area contributed by atoms with E-state index < -0.39 is 11.2 Å². The summed E-state index contributed by atoms with van der Waals surface area (Å²) in [6.07, 6.45) is 0.509. The first-order valence-corrected chi connectivity index (χ1v) is 11.5. The van der Waals surface area contributed by atoms with E-state index in [1.165, 1.54) is 16.7 Å². The van der Waals surface area contributed by atoms with Crippen LogP contribution >= 0.6 is 11.8 Å². The smallest absolute Gasteiger partial charge is 0.269 e. The number of hydrogen-bond donors (Lipinski definition) is 1. The first kappa shape index (κ1) is 22.4. The molecule has 3 aromatic carbocycles. The van der Waals surface area contributed by atoms with Crippen molar-refractivity contribution in [2.45, 2.75) is 25.5 Å². The summed E-state index contributed by atoms with van der Waals surface area (Å²) in [5.41, 5.74) is 4.21. The zero-order valence-corrected chi connectivity index (χ0v) is 19.2. The van der Waals surface area contributed by atoms with E-state index >= 15 is 0 Å². The summed E-state index contributed by atoms with van der Waals surface area (Å²) in [5, 5.41) is 12.7. The highest BCUT2D eigenvalue weighted by Gasteiger charge is 2.40. The Labute approximate surface area is 197 Å². The second-order valence-corrected chi connectivity index (χ2v) is 9.06. The lowest BCUT2D eigenvalue weighted by atomic mass is 10.1. The van der Waals surface area contributed by atoms with E-state index in [4.69, 9.17) is 0 Å². The van der Waals surface area contributed by atoms with Gasteiger partial charge in [0.05, 0.1) is 5.25 Å². The molecule has 1 heterocycles. The summed E-state index contributed by atoms with van der Waals surface area (Å²) in [5.74, 6) is -0.668. The van der Waals surface area contributed by atoms with Crippen LogP contribution in [0.15, 0.2) is 89.5 Å². The number of thioether (sulfide) groups is 1. The van der Waals surface area contributed by atoms with E-state index in [1.807, 2.05) is 80.6 Å². The zero-order chi connectivity index (χ0) is 23.4. The van der Waals surface area contributed by atoms with Gasteiger partial charge in [0, 0.05) is 11.4 Å². The van der Waals surface area contributed by atoms with Gasteiger partial charge in [-0.25, -0.2) is 0 Å². The Balaban J connectivity index is 1.72. The number of nitrogens with zero attached hydrogens (tertiary/aromatic N) is 2. The van der Waals surface area contributed by atoms with Crippen LogP contribution in [0.25, 0.3) is 0 Å². The van der Waals surface area contributed by atoms with E-state index in [0.29, 0.717) is 22.8 Å². The number of nitriles is 1. The molecule has 6 heteroatoms. The van der Waals surface area contributed by atoms with Crippen LogP contribution in [0.3, 0.4) is 0 Å². The Kier molecular flexibility index (Phi) is 6.62. The Bertz CT molecular complexity index is 1260. The molecule has 1 aliphatic heterocycles. The maximum absolute atomic E-state index is 13.4. The van der Waals surface area contributed by atoms with Crippen molar-refractivity contribution in [2.24, 2.45) is 0 Å². The normalized spacial score (nSPS) is 16.9. The number of hydrogen-bond acceptors (Lipinski definition) is 4. The van der Waals surface area contributed by atoms with Crippen LogP contribution in [0.4, 0.5) is 11.4 Å². The van der Waals surface area contributed by atoms with E-state index in [0.717, 1.165) is 16.7 Å². The molecule has 1 fully saturated rings. The molecule has 1 N–H and O–H groups in total. The Hall–Kier alpha value is -3.82. The van der Waals surface area contributed by atoms with Gasteiger partial charge in [-0.3, -0.25) is 14.5 Å². The van der Waals surface area contributed by atoms with Gasteiger partial charge in [0.25, 0.3) is 5.91 Å². The summed E-state index contributed by atoms with van der Waals surface area (Å²) >= 11 is 1.27. The third kappa shape index (κ3) is 4.84. The SMILES string of the molecule is Cc1ccc(NC(=O)/C(C#N)=C2/SC(Cc3ccccc3)C(=O)N2c2ccccc2)c(C)c1. The van der Waals surface area contributed by atoms with Gasteiger partial charge in [-0.05, 0) is 49.6 Å². The van der Waals surface area contributed by atoms with Crippen molar-refractivity contribution < 1.29 is 9.59 Å². The van der Waals surface area contributed by atoms with Gasteiger partial charge < -0.3 is 5.32 Å². The highest BCUT2D eigenvalue weighted by molar-refractivity contribution is 8.05. The molecule has 1 saturated heterocycles. The maximum atomic E-state index is 13.4. The van der Waals surface area contributed by atoms with Gasteiger partial charge in [0.2, 0.25) is 5.91 Å². The van der Waals surface area contributed by atoms with Crippen molar-refractivity contribution in [3.05, 3.63) is 106 Å². The number of nitrogens with one attached hydrogen (secondary N) is 1. The number of para-hydroxylation sites is 1. The standard InChI is InChI=1S/C27H23N3O2S/c1-18-13-14-23(19(2)15-18)29-25(31)22(17-28)27-30(21-11-7-4-8-12-21)26(32)24(33-27)16-20-9-5-3-6-10-20/h3-15,24H,16H2,1-2H3,(H,29,31)/b27-22+. The lowest BCUT2D eigenvalue weighted by Crippen LogP contribution is -2.30. The minimum Gasteiger partial charge on any atom is -0.321 e. The third-order valence-electron chi connectivity index (χ3n) is 5.41. The molecule has 3 aromatic rings. The van der Waals surface area contributed by atoms with Gasteiger partial charge in [0.15, 0.2) is 0 Å². The fourth-order valence-corrected chi connectivity index (χ4v) is 5.07. The molecule has 5 nitrogen and oxygen atoms in total. The maximum Gasteiger partial charge on any atom is 0.269 e. The molecule has 0 aliphatic carbocycles. The van der Waals surface area contributed by atoms with Crippen LogP contribution in [0.2, 0.25) is 0 Å². The van der Waals surface area contributed by atoms with Crippen LogP contribution in [-0.4, -0.2) is 17.1 Å². The molecule has 1 unspecified atom stereocenters. The fourth-order valence-electron chi connectivity index (χ4n) is 3.77. The lowest BCUT2D eigenvalue weighted by Gasteiger charge is -2.18. The number of rotatable bonds is 5. The average Bonchev–Trinajstić information content (AvgIpc) is 3.13. The molecule has 0 radical (unpaired) electrons. The summed E-state index contributed by atoms with van der Waals surface area (Å²) < 4.78 is 0. The predicted octanol–water partition coefficient (Wildman–Crippen LogP) is 5.37. The van der Waals surface area contributed by atoms with Crippen molar-refractivity contribution in [2.75, 3.05) is 10.2 Å². The fraction of sp³-hybridized carbons (Fsp3) is 0.148. The van der Waals surface area contributed by atoms with Gasteiger partial charge in [-0.2, -0.15) is 5.26 Å². The Morgan fingerprint density at radius 1 is 1.03 bits per heavy atom. The Morgan fingerprint density at radius 3 is 2.33 bits per heavy atom. The molecule has 4 rings (SSSR count). The minimum absolute atomic E-state index is 0.0762. The number of aryl methyl sites for hydroxylation is 2. The highest BCUT2D eigenvalue weighted by Crippen LogP contribution is 2.42. The van der Waals surface area contributed by atoms with Crippen molar-refractivity contribution >= 4 is 35.0 Å². The molecule has 33 heavy (non-hydrogen) atoms. The molecular weight excluding hydrogens is 430 g/mol. The average molecular weight is 454 g/mol. The summed E-state index contributed by atoms with van der Waals surface area (Å²) in [6.45, 7) is 3.88.